The van der Waals surface area contributed by atoms with Crippen molar-refractivity contribution in [1.29, 1.82) is 0 Å². The van der Waals surface area contributed by atoms with Crippen LogP contribution in [0.2, 0.25) is 0 Å². The van der Waals surface area contributed by atoms with Gasteiger partial charge < -0.3 is 10.6 Å². The summed E-state index contributed by atoms with van der Waals surface area (Å²) in [6.45, 7) is 3.62. The van der Waals surface area contributed by atoms with Crippen molar-refractivity contribution in [1.82, 2.24) is 15.6 Å². The first-order chi connectivity index (χ1) is 8.75. The molecule has 4 nitrogen and oxygen atoms in total. The minimum atomic E-state index is 0.0331. The number of aromatic nitrogens is 1. The molecule has 1 aliphatic heterocycles. The number of fused-ring (bicyclic) bond motifs is 1. The van der Waals surface area contributed by atoms with Gasteiger partial charge in [0.1, 0.15) is 0 Å². The Labute approximate surface area is 111 Å². The highest BCUT2D eigenvalue weighted by atomic mass is 32.1. The van der Waals surface area contributed by atoms with Crippen LogP contribution in [0.3, 0.4) is 0 Å². The summed E-state index contributed by atoms with van der Waals surface area (Å²) in [7, 11) is 0. The average Bonchev–Trinajstić information content (AvgIpc) is 3.01. The summed E-state index contributed by atoms with van der Waals surface area (Å²) in [5.41, 5.74) is 2.86. The predicted octanol–water partition coefficient (Wildman–Crippen LogP) is 1.46. The van der Waals surface area contributed by atoms with Gasteiger partial charge in [0.2, 0.25) is 5.91 Å². The van der Waals surface area contributed by atoms with E-state index in [-0.39, 0.29) is 11.9 Å². The van der Waals surface area contributed by atoms with Crippen LogP contribution in [0.25, 0.3) is 0 Å². The Bertz CT molecular complexity index is 445. The fourth-order valence-electron chi connectivity index (χ4n) is 3.25. The van der Waals surface area contributed by atoms with E-state index in [1.54, 1.807) is 11.3 Å². The predicted molar refractivity (Wildman–Crippen MR) is 71.3 cm³/mol. The average molecular weight is 265 g/mol. The maximum atomic E-state index is 12.2. The molecule has 98 valence electrons. The van der Waals surface area contributed by atoms with Crippen LogP contribution in [-0.4, -0.2) is 23.5 Å². The molecule has 0 radical (unpaired) electrons. The van der Waals surface area contributed by atoms with Gasteiger partial charge in [0, 0.05) is 4.88 Å². The van der Waals surface area contributed by atoms with E-state index in [4.69, 9.17) is 0 Å². The topological polar surface area (TPSA) is 54.0 Å². The lowest BCUT2D eigenvalue weighted by atomic mass is 9.94. The highest BCUT2D eigenvalue weighted by Crippen LogP contribution is 2.37. The van der Waals surface area contributed by atoms with E-state index in [2.05, 4.69) is 15.6 Å². The molecule has 3 rings (SSSR count). The highest BCUT2D eigenvalue weighted by molar-refractivity contribution is 7.09. The van der Waals surface area contributed by atoms with Gasteiger partial charge in [-0.2, -0.15) is 0 Å². The molecule has 2 aliphatic rings. The Balaban J connectivity index is 1.57. The van der Waals surface area contributed by atoms with Crippen molar-refractivity contribution in [3.63, 3.8) is 0 Å². The van der Waals surface area contributed by atoms with Crippen LogP contribution in [0, 0.1) is 18.8 Å². The Morgan fingerprint density at radius 3 is 3.28 bits per heavy atom. The van der Waals surface area contributed by atoms with Crippen LogP contribution in [0.4, 0.5) is 0 Å². The molecule has 1 amide bonds. The van der Waals surface area contributed by atoms with Crippen molar-refractivity contribution in [2.75, 3.05) is 6.54 Å². The number of thiazole rings is 1. The molecule has 1 saturated carbocycles. The molecule has 3 unspecified atom stereocenters. The second-order valence-electron chi connectivity index (χ2n) is 5.32. The number of nitrogens with zero attached hydrogens (tertiary/aromatic N) is 1. The zero-order valence-corrected chi connectivity index (χ0v) is 11.4. The summed E-state index contributed by atoms with van der Waals surface area (Å²) >= 11 is 1.61. The van der Waals surface area contributed by atoms with Gasteiger partial charge in [-0.25, -0.2) is 4.98 Å². The molecule has 2 heterocycles. The summed E-state index contributed by atoms with van der Waals surface area (Å²) in [4.78, 5) is 17.6. The lowest BCUT2D eigenvalue weighted by Gasteiger charge is -2.17. The van der Waals surface area contributed by atoms with Gasteiger partial charge in [0.25, 0.3) is 0 Å². The van der Waals surface area contributed by atoms with Crippen LogP contribution < -0.4 is 10.6 Å². The number of nitrogens with one attached hydrogen (secondary N) is 2. The van der Waals surface area contributed by atoms with Crippen LogP contribution in [0.1, 0.15) is 29.8 Å². The lowest BCUT2D eigenvalue weighted by molar-refractivity contribution is -0.123. The summed E-state index contributed by atoms with van der Waals surface area (Å²) < 4.78 is 0. The van der Waals surface area contributed by atoms with Crippen LogP contribution in [-0.2, 0) is 11.3 Å². The Hall–Kier alpha value is -0.940. The van der Waals surface area contributed by atoms with E-state index in [0.717, 1.165) is 23.0 Å². The maximum absolute atomic E-state index is 12.2. The fourth-order valence-corrected chi connectivity index (χ4v) is 3.96. The van der Waals surface area contributed by atoms with E-state index < -0.39 is 0 Å². The number of carbonyl (C=O) groups is 1. The van der Waals surface area contributed by atoms with E-state index in [0.29, 0.717) is 12.5 Å². The van der Waals surface area contributed by atoms with Crippen LogP contribution in [0.15, 0.2) is 5.51 Å². The van der Waals surface area contributed by atoms with Crippen LogP contribution in [0.5, 0.6) is 0 Å². The molecule has 1 saturated heterocycles. The van der Waals surface area contributed by atoms with Gasteiger partial charge in [-0.05, 0) is 38.1 Å². The maximum Gasteiger partial charge on any atom is 0.237 e. The minimum Gasteiger partial charge on any atom is -0.350 e. The van der Waals surface area contributed by atoms with Gasteiger partial charge in [-0.15, -0.1) is 11.3 Å². The van der Waals surface area contributed by atoms with E-state index in [9.17, 15) is 4.79 Å². The van der Waals surface area contributed by atoms with Crippen molar-refractivity contribution in [2.45, 2.75) is 38.8 Å². The first kappa shape index (κ1) is 12.1. The van der Waals surface area contributed by atoms with Gasteiger partial charge >= 0.3 is 0 Å². The summed E-state index contributed by atoms with van der Waals surface area (Å²) in [6.07, 6.45) is 3.78. The first-order valence-electron chi connectivity index (χ1n) is 6.66. The smallest absolute Gasteiger partial charge is 0.237 e. The molecule has 3 atom stereocenters. The molecule has 1 aromatic heterocycles. The molecule has 1 aromatic rings. The fraction of sp³-hybridized carbons (Fsp3) is 0.692. The van der Waals surface area contributed by atoms with Gasteiger partial charge in [-0.1, -0.05) is 6.42 Å². The SMILES string of the molecule is Cc1ncsc1CNC(=O)C1NCC2CCCC21. The van der Waals surface area contributed by atoms with E-state index in [1.165, 1.54) is 19.3 Å². The zero-order chi connectivity index (χ0) is 12.5. The number of amides is 1. The number of hydrogen-bond acceptors (Lipinski definition) is 4. The molecular weight excluding hydrogens is 246 g/mol. The van der Waals surface area contributed by atoms with Gasteiger partial charge in [-0.3, -0.25) is 4.79 Å². The second-order valence-corrected chi connectivity index (χ2v) is 6.26. The summed E-state index contributed by atoms with van der Waals surface area (Å²) in [5.74, 6) is 1.45. The van der Waals surface area contributed by atoms with Crippen molar-refractivity contribution < 1.29 is 4.79 Å². The second kappa shape index (κ2) is 4.97. The molecule has 2 fully saturated rings. The Morgan fingerprint density at radius 1 is 1.61 bits per heavy atom. The Morgan fingerprint density at radius 2 is 2.50 bits per heavy atom. The minimum absolute atomic E-state index is 0.0331. The molecule has 18 heavy (non-hydrogen) atoms. The van der Waals surface area contributed by atoms with Crippen molar-refractivity contribution in [2.24, 2.45) is 11.8 Å². The van der Waals surface area contributed by atoms with Crippen LogP contribution >= 0.6 is 11.3 Å². The third-order valence-electron chi connectivity index (χ3n) is 4.30. The molecule has 0 bridgehead atoms. The largest absolute Gasteiger partial charge is 0.350 e. The number of rotatable bonds is 3. The highest BCUT2D eigenvalue weighted by Gasteiger charge is 2.42. The first-order valence-corrected chi connectivity index (χ1v) is 7.53. The van der Waals surface area contributed by atoms with Gasteiger partial charge in [0.15, 0.2) is 0 Å². The third kappa shape index (κ3) is 2.17. The van der Waals surface area contributed by atoms with E-state index in [1.807, 2.05) is 12.4 Å². The van der Waals surface area contributed by atoms with Crippen molar-refractivity contribution in [3.05, 3.63) is 16.1 Å². The van der Waals surface area contributed by atoms with Crippen molar-refractivity contribution in [3.8, 4) is 0 Å². The number of hydrogen-bond donors (Lipinski definition) is 2. The molecular formula is C13H19N3OS. The lowest BCUT2D eigenvalue weighted by Crippen LogP contribution is -2.43. The Kier molecular flexibility index (Phi) is 3.35. The summed E-state index contributed by atoms with van der Waals surface area (Å²) in [5, 5.41) is 6.43. The number of aryl methyl sites for hydroxylation is 1. The standard InChI is InChI=1S/C13H19N3OS/c1-8-11(18-7-16-8)6-15-13(17)12-10-4-2-3-9(10)5-14-12/h7,9-10,12,14H,2-6H2,1H3,(H,15,17). The molecule has 0 spiro atoms. The van der Waals surface area contributed by atoms with E-state index >= 15 is 0 Å². The number of carbonyl (C=O) groups excluding carboxylic acids is 1. The summed E-state index contributed by atoms with van der Waals surface area (Å²) in [6, 6.07) is 0.0331. The molecule has 5 heteroatoms. The molecule has 1 aliphatic carbocycles. The quantitative estimate of drug-likeness (QED) is 0.870. The van der Waals surface area contributed by atoms with Gasteiger partial charge in [0.05, 0.1) is 23.8 Å². The molecule has 2 N–H and O–H groups in total. The molecule has 0 aromatic carbocycles. The monoisotopic (exact) mass is 265 g/mol. The van der Waals surface area contributed by atoms with Crippen molar-refractivity contribution >= 4 is 17.2 Å². The normalized spacial score (nSPS) is 30.4. The third-order valence-corrected chi connectivity index (χ3v) is 5.23. The zero-order valence-electron chi connectivity index (χ0n) is 10.6.